The van der Waals surface area contributed by atoms with Crippen molar-refractivity contribution in [3.8, 4) is 5.88 Å². The van der Waals surface area contributed by atoms with Crippen LogP contribution in [0.3, 0.4) is 0 Å². The van der Waals surface area contributed by atoms with Crippen molar-refractivity contribution in [1.82, 2.24) is 4.98 Å². The summed E-state index contributed by atoms with van der Waals surface area (Å²) in [6, 6.07) is 2.18. The molecule has 0 radical (unpaired) electrons. The first-order chi connectivity index (χ1) is 8.86. The molecule has 1 aromatic rings. The second kappa shape index (κ2) is 5.24. The number of nitrogens with zero attached hydrogens (tertiary/aromatic N) is 1. The molecule has 0 saturated carbocycles. The highest BCUT2D eigenvalue weighted by Crippen LogP contribution is 2.27. The Morgan fingerprint density at radius 2 is 2.39 bits per heavy atom. The van der Waals surface area contributed by atoms with Crippen LogP contribution in [-0.2, 0) is 24.1 Å². The van der Waals surface area contributed by atoms with Crippen LogP contribution in [0.4, 0.5) is 0 Å². The van der Waals surface area contributed by atoms with Gasteiger partial charge < -0.3 is 15.2 Å². The van der Waals surface area contributed by atoms with E-state index in [1.807, 2.05) is 0 Å². The summed E-state index contributed by atoms with van der Waals surface area (Å²) in [6.07, 6.45) is 4.49. The number of fused-ring (bicyclic) bond motifs is 1. The first-order valence-corrected chi connectivity index (χ1v) is 6.79. The van der Waals surface area contributed by atoms with Crippen LogP contribution in [0.15, 0.2) is 6.07 Å². The molecule has 1 unspecified atom stereocenters. The smallest absolute Gasteiger partial charge is 0.218 e. The van der Waals surface area contributed by atoms with E-state index in [4.69, 9.17) is 15.2 Å². The Hall–Kier alpha value is -1.13. The minimum absolute atomic E-state index is 0.497. The standard InChI is InChI=1S/C14H20N2O2/c15-7-12-6-11-2-1-3-13(11)16-14(12)18-9-10-4-5-17-8-10/h6,10H,1-5,7-9,15H2. The lowest BCUT2D eigenvalue weighted by Gasteiger charge is -2.14. The summed E-state index contributed by atoms with van der Waals surface area (Å²) in [5, 5.41) is 0. The molecule has 1 aliphatic heterocycles. The van der Waals surface area contributed by atoms with E-state index in [2.05, 4.69) is 11.1 Å². The van der Waals surface area contributed by atoms with Crippen LogP contribution >= 0.6 is 0 Å². The maximum atomic E-state index is 5.87. The average molecular weight is 248 g/mol. The summed E-state index contributed by atoms with van der Waals surface area (Å²) in [5.74, 6) is 1.25. The van der Waals surface area contributed by atoms with Gasteiger partial charge in [-0.1, -0.05) is 0 Å². The number of ether oxygens (including phenoxy) is 2. The Morgan fingerprint density at radius 3 is 3.17 bits per heavy atom. The van der Waals surface area contributed by atoms with Gasteiger partial charge in [-0.3, -0.25) is 0 Å². The number of hydrogen-bond donors (Lipinski definition) is 1. The lowest BCUT2D eigenvalue weighted by molar-refractivity contribution is 0.165. The maximum absolute atomic E-state index is 5.87. The van der Waals surface area contributed by atoms with Crippen molar-refractivity contribution in [2.24, 2.45) is 11.7 Å². The molecule has 2 aliphatic rings. The van der Waals surface area contributed by atoms with Gasteiger partial charge in [0, 0.05) is 30.3 Å². The van der Waals surface area contributed by atoms with Crippen molar-refractivity contribution < 1.29 is 9.47 Å². The number of hydrogen-bond acceptors (Lipinski definition) is 4. The molecule has 98 valence electrons. The highest BCUT2D eigenvalue weighted by molar-refractivity contribution is 5.36. The van der Waals surface area contributed by atoms with Crippen LogP contribution in [-0.4, -0.2) is 24.8 Å². The van der Waals surface area contributed by atoms with Crippen LogP contribution in [0, 0.1) is 5.92 Å². The van der Waals surface area contributed by atoms with Gasteiger partial charge in [0.2, 0.25) is 5.88 Å². The van der Waals surface area contributed by atoms with Crippen molar-refractivity contribution in [2.75, 3.05) is 19.8 Å². The topological polar surface area (TPSA) is 57.4 Å². The van der Waals surface area contributed by atoms with Gasteiger partial charge in [0.15, 0.2) is 0 Å². The summed E-state index contributed by atoms with van der Waals surface area (Å²) in [6.45, 7) is 2.86. The third-order valence-corrected chi connectivity index (χ3v) is 3.79. The maximum Gasteiger partial charge on any atom is 0.218 e. The molecule has 0 aromatic carbocycles. The molecule has 2 N–H and O–H groups in total. The second-order valence-corrected chi connectivity index (χ2v) is 5.16. The number of rotatable bonds is 4. The van der Waals surface area contributed by atoms with Crippen molar-refractivity contribution in [3.63, 3.8) is 0 Å². The minimum Gasteiger partial charge on any atom is -0.477 e. The van der Waals surface area contributed by atoms with E-state index in [1.54, 1.807) is 0 Å². The third-order valence-electron chi connectivity index (χ3n) is 3.79. The third kappa shape index (κ3) is 2.35. The molecular formula is C14H20N2O2. The SMILES string of the molecule is NCc1cc2c(nc1OCC1CCOC1)CCC2. The Morgan fingerprint density at radius 1 is 1.44 bits per heavy atom. The molecule has 1 atom stereocenters. The monoisotopic (exact) mass is 248 g/mol. The largest absolute Gasteiger partial charge is 0.477 e. The predicted octanol–water partition coefficient (Wildman–Crippen LogP) is 1.44. The molecule has 2 heterocycles. The summed E-state index contributed by atoms with van der Waals surface area (Å²) in [7, 11) is 0. The molecule has 1 aromatic heterocycles. The lowest BCUT2D eigenvalue weighted by atomic mass is 10.1. The average Bonchev–Trinajstić information content (AvgIpc) is 3.05. The van der Waals surface area contributed by atoms with Crippen molar-refractivity contribution >= 4 is 0 Å². The Labute approximate surface area is 107 Å². The number of nitrogens with two attached hydrogens (primary N) is 1. The summed E-state index contributed by atoms with van der Waals surface area (Å²) in [5.41, 5.74) is 9.37. The molecule has 0 amide bonds. The van der Waals surface area contributed by atoms with E-state index in [0.717, 1.165) is 43.9 Å². The molecule has 1 fully saturated rings. The molecule has 18 heavy (non-hydrogen) atoms. The fourth-order valence-electron chi connectivity index (χ4n) is 2.68. The first kappa shape index (κ1) is 11.9. The summed E-state index contributed by atoms with van der Waals surface area (Å²) >= 11 is 0. The van der Waals surface area contributed by atoms with Crippen LogP contribution in [0.2, 0.25) is 0 Å². The van der Waals surface area contributed by atoms with E-state index >= 15 is 0 Å². The van der Waals surface area contributed by atoms with Gasteiger partial charge in [0.1, 0.15) is 0 Å². The van der Waals surface area contributed by atoms with Gasteiger partial charge in [-0.15, -0.1) is 0 Å². The lowest BCUT2D eigenvalue weighted by Crippen LogP contribution is -2.14. The van der Waals surface area contributed by atoms with Crippen LogP contribution in [0.25, 0.3) is 0 Å². The van der Waals surface area contributed by atoms with Crippen LogP contribution < -0.4 is 10.5 Å². The summed E-state index contributed by atoms with van der Waals surface area (Å²) < 4.78 is 11.2. The molecule has 1 saturated heterocycles. The second-order valence-electron chi connectivity index (χ2n) is 5.16. The van der Waals surface area contributed by atoms with Gasteiger partial charge in [-0.05, 0) is 37.3 Å². The van der Waals surface area contributed by atoms with E-state index in [-0.39, 0.29) is 0 Å². The fourth-order valence-corrected chi connectivity index (χ4v) is 2.68. The van der Waals surface area contributed by atoms with E-state index in [0.29, 0.717) is 19.1 Å². The number of aryl methyl sites for hydroxylation is 2. The number of pyridine rings is 1. The zero-order valence-electron chi connectivity index (χ0n) is 10.7. The van der Waals surface area contributed by atoms with Gasteiger partial charge >= 0.3 is 0 Å². The molecule has 4 nitrogen and oxygen atoms in total. The molecule has 0 bridgehead atoms. The molecule has 0 spiro atoms. The van der Waals surface area contributed by atoms with Gasteiger partial charge in [-0.2, -0.15) is 0 Å². The van der Waals surface area contributed by atoms with Crippen molar-refractivity contribution in [3.05, 3.63) is 22.9 Å². The normalized spacial score (nSPS) is 22.2. The van der Waals surface area contributed by atoms with Crippen molar-refractivity contribution in [2.45, 2.75) is 32.2 Å². The van der Waals surface area contributed by atoms with E-state index in [1.165, 1.54) is 17.7 Å². The van der Waals surface area contributed by atoms with Crippen molar-refractivity contribution in [1.29, 1.82) is 0 Å². The Bertz CT molecular complexity index is 428. The Kier molecular flexibility index (Phi) is 3.48. The van der Waals surface area contributed by atoms with E-state index < -0.39 is 0 Å². The Balaban J connectivity index is 1.73. The van der Waals surface area contributed by atoms with Crippen LogP contribution in [0.1, 0.15) is 29.7 Å². The zero-order valence-corrected chi connectivity index (χ0v) is 10.7. The predicted molar refractivity (Wildman–Crippen MR) is 68.6 cm³/mol. The fraction of sp³-hybridized carbons (Fsp3) is 0.643. The molecule has 3 rings (SSSR count). The minimum atomic E-state index is 0.497. The van der Waals surface area contributed by atoms with Gasteiger partial charge in [0.05, 0.1) is 13.2 Å². The zero-order chi connectivity index (χ0) is 12.4. The highest BCUT2D eigenvalue weighted by atomic mass is 16.5. The molecular weight excluding hydrogens is 228 g/mol. The number of aromatic nitrogens is 1. The summed E-state index contributed by atoms with van der Waals surface area (Å²) in [4.78, 5) is 4.64. The van der Waals surface area contributed by atoms with Crippen LogP contribution in [0.5, 0.6) is 5.88 Å². The first-order valence-electron chi connectivity index (χ1n) is 6.79. The molecule has 1 aliphatic carbocycles. The molecule has 4 heteroatoms. The van der Waals surface area contributed by atoms with Gasteiger partial charge in [-0.25, -0.2) is 4.98 Å². The quantitative estimate of drug-likeness (QED) is 0.876. The highest BCUT2D eigenvalue weighted by Gasteiger charge is 2.19. The van der Waals surface area contributed by atoms with E-state index in [9.17, 15) is 0 Å². The van der Waals surface area contributed by atoms with Gasteiger partial charge in [0.25, 0.3) is 0 Å².